The Morgan fingerprint density at radius 3 is 2.88 bits per heavy atom. The largest absolute Gasteiger partial charge is 0.397 e. The van der Waals surface area contributed by atoms with Crippen molar-refractivity contribution in [2.75, 3.05) is 5.73 Å². The number of para-hydroxylation sites is 1. The Morgan fingerprint density at radius 2 is 2.19 bits per heavy atom. The number of hydrogen-bond donors (Lipinski definition) is 3. The summed E-state index contributed by atoms with van der Waals surface area (Å²) in [6.45, 7) is 0. The number of nitrogens with zero attached hydrogens (tertiary/aromatic N) is 1. The number of halogens is 1. The SMILES string of the molecule is Nc1c(Cl)cccc1-c1n[nH]c(=S)[nH]c1=O. The molecule has 16 heavy (non-hydrogen) atoms. The number of hydrogen-bond acceptors (Lipinski definition) is 4. The molecule has 0 unspecified atom stereocenters. The first-order valence-electron chi connectivity index (χ1n) is 4.33. The van der Waals surface area contributed by atoms with Crippen molar-refractivity contribution in [2.45, 2.75) is 0 Å². The van der Waals surface area contributed by atoms with Gasteiger partial charge in [0.05, 0.1) is 10.7 Å². The van der Waals surface area contributed by atoms with Crippen molar-refractivity contribution in [3.8, 4) is 11.3 Å². The molecule has 2 aromatic rings. The number of nitrogens with two attached hydrogens (primary N) is 1. The van der Waals surface area contributed by atoms with Crippen LogP contribution < -0.4 is 11.3 Å². The summed E-state index contributed by atoms with van der Waals surface area (Å²) < 4.78 is 0.161. The molecule has 1 aromatic heterocycles. The normalized spacial score (nSPS) is 10.3. The van der Waals surface area contributed by atoms with E-state index in [-0.39, 0.29) is 10.5 Å². The monoisotopic (exact) mass is 254 g/mol. The Balaban J connectivity index is 2.73. The maximum Gasteiger partial charge on any atom is 0.278 e. The maximum atomic E-state index is 11.6. The molecular weight excluding hydrogens is 248 g/mol. The van der Waals surface area contributed by atoms with Crippen LogP contribution in [0.1, 0.15) is 0 Å². The fourth-order valence-electron chi connectivity index (χ4n) is 1.27. The molecule has 0 spiro atoms. The van der Waals surface area contributed by atoms with Crippen LogP contribution in [0.5, 0.6) is 0 Å². The van der Waals surface area contributed by atoms with Crippen molar-refractivity contribution in [2.24, 2.45) is 0 Å². The third-order valence-corrected chi connectivity index (χ3v) is 2.54. The molecule has 4 N–H and O–H groups in total. The van der Waals surface area contributed by atoms with Gasteiger partial charge in [-0.3, -0.25) is 14.9 Å². The van der Waals surface area contributed by atoms with E-state index < -0.39 is 5.56 Å². The van der Waals surface area contributed by atoms with Gasteiger partial charge in [-0.25, -0.2) is 0 Å². The second-order valence-corrected chi connectivity index (χ2v) is 3.87. The predicted octanol–water partition coefficient (Wildman–Crippen LogP) is 1.73. The van der Waals surface area contributed by atoms with Gasteiger partial charge in [0.2, 0.25) is 0 Å². The zero-order chi connectivity index (χ0) is 11.7. The van der Waals surface area contributed by atoms with Crippen LogP contribution in [-0.2, 0) is 0 Å². The van der Waals surface area contributed by atoms with Crippen molar-refractivity contribution in [3.05, 3.63) is 38.3 Å². The van der Waals surface area contributed by atoms with Crippen molar-refractivity contribution < 1.29 is 0 Å². The van der Waals surface area contributed by atoms with Crippen molar-refractivity contribution in [1.82, 2.24) is 15.2 Å². The number of nitrogens with one attached hydrogen (secondary N) is 2. The van der Waals surface area contributed by atoms with E-state index in [4.69, 9.17) is 29.6 Å². The molecule has 1 aromatic carbocycles. The van der Waals surface area contributed by atoms with Crippen molar-refractivity contribution in [1.29, 1.82) is 0 Å². The first kappa shape index (κ1) is 10.8. The molecule has 0 radical (unpaired) electrons. The van der Waals surface area contributed by atoms with Gasteiger partial charge in [0.15, 0.2) is 10.5 Å². The number of H-pyrrole nitrogens is 2. The van der Waals surface area contributed by atoms with Crippen LogP contribution in [0.2, 0.25) is 5.02 Å². The fourth-order valence-corrected chi connectivity index (χ4v) is 1.59. The predicted molar refractivity (Wildman–Crippen MR) is 64.9 cm³/mol. The molecule has 0 saturated heterocycles. The quantitative estimate of drug-likeness (QED) is 0.534. The molecule has 0 aliphatic heterocycles. The van der Waals surface area contributed by atoms with E-state index in [9.17, 15) is 4.79 Å². The van der Waals surface area contributed by atoms with Crippen LogP contribution in [0.25, 0.3) is 11.3 Å². The lowest BCUT2D eigenvalue weighted by Crippen LogP contribution is -2.13. The smallest absolute Gasteiger partial charge is 0.278 e. The van der Waals surface area contributed by atoms with Gasteiger partial charge < -0.3 is 5.73 Å². The molecule has 0 aliphatic rings. The third-order valence-electron chi connectivity index (χ3n) is 2.02. The van der Waals surface area contributed by atoms with Gasteiger partial charge in [-0.05, 0) is 18.3 Å². The van der Waals surface area contributed by atoms with Gasteiger partial charge in [-0.1, -0.05) is 23.7 Å². The van der Waals surface area contributed by atoms with Gasteiger partial charge in [0, 0.05) is 5.56 Å². The van der Waals surface area contributed by atoms with E-state index in [1.807, 2.05) is 0 Å². The van der Waals surface area contributed by atoms with Gasteiger partial charge >= 0.3 is 0 Å². The lowest BCUT2D eigenvalue weighted by molar-refractivity contribution is 0.932. The fraction of sp³-hybridized carbons (Fsp3) is 0. The Kier molecular flexibility index (Phi) is 2.76. The molecule has 5 nitrogen and oxygen atoms in total. The number of benzene rings is 1. The number of aromatic amines is 2. The molecule has 0 fully saturated rings. The zero-order valence-electron chi connectivity index (χ0n) is 7.95. The van der Waals surface area contributed by atoms with Gasteiger partial charge in [-0.2, -0.15) is 5.10 Å². The van der Waals surface area contributed by atoms with E-state index in [0.29, 0.717) is 16.3 Å². The first-order valence-corrected chi connectivity index (χ1v) is 5.11. The van der Waals surface area contributed by atoms with Crippen LogP contribution >= 0.6 is 23.8 Å². The molecule has 0 bridgehead atoms. The van der Waals surface area contributed by atoms with Crippen LogP contribution in [0.4, 0.5) is 5.69 Å². The molecule has 0 amide bonds. The van der Waals surface area contributed by atoms with Crippen LogP contribution in [-0.4, -0.2) is 15.2 Å². The highest BCUT2D eigenvalue weighted by atomic mass is 35.5. The Bertz CT molecular complexity index is 648. The Hall–Kier alpha value is -1.66. The molecule has 0 aliphatic carbocycles. The van der Waals surface area contributed by atoms with Crippen LogP contribution in [0, 0.1) is 4.77 Å². The lowest BCUT2D eigenvalue weighted by atomic mass is 10.1. The van der Waals surface area contributed by atoms with E-state index in [2.05, 4.69) is 15.2 Å². The molecule has 7 heteroatoms. The molecular formula is C9H7ClN4OS. The maximum absolute atomic E-state index is 11.6. The second-order valence-electron chi connectivity index (χ2n) is 3.06. The standard InChI is InChI=1S/C9H7ClN4OS/c10-5-3-1-2-4(6(5)11)7-8(15)12-9(16)14-13-7/h1-3H,11H2,(H2,12,14,15,16). The van der Waals surface area contributed by atoms with Crippen LogP contribution in [0.15, 0.2) is 23.0 Å². The van der Waals surface area contributed by atoms with E-state index >= 15 is 0 Å². The van der Waals surface area contributed by atoms with Crippen molar-refractivity contribution >= 4 is 29.5 Å². The van der Waals surface area contributed by atoms with E-state index in [1.165, 1.54) is 0 Å². The Labute approximate surface area is 100 Å². The highest BCUT2D eigenvalue weighted by Crippen LogP contribution is 2.27. The van der Waals surface area contributed by atoms with E-state index in [1.54, 1.807) is 18.2 Å². The summed E-state index contributed by atoms with van der Waals surface area (Å²) in [7, 11) is 0. The van der Waals surface area contributed by atoms with Gasteiger partial charge in [0.1, 0.15) is 0 Å². The van der Waals surface area contributed by atoms with E-state index in [0.717, 1.165) is 0 Å². The highest BCUT2D eigenvalue weighted by molar-refractivity contribution is 7.71. The van der Waals surface area contributed by atoms with Gasteiger partial charge in [-0.15, -0.1) is 0 Å². The van der Waals surface area contributed by atoms with Crippen molar-refractivity contribution in [3.63, 3.8) is 0 Å². The molecule has 0 saturated carbocycles. The topological polar surface area (TPSA) is 87.6 Å². The highest BCUT2D eigenvalue weighted by Gasteiger charge is 2.10. The molecule has 1 heterocycles. The summed E-state index contributed by atoms with van der Waals surface area (Å²) in [5.74, 6) is 0. The summed E-state index contributed by atoms with van der Waals surface area (Å²) in [6, 6.07) is 4.99. The molecule has 0 atom stereocenters. The summed E-state index contributed by atoms with van der Waals surface area (Å²) in [5.41, 5.74) is 6.30. The number of nitrogen functional groups attached to an aromatic ring is 1. The van der Waals surface area contributed by atoms with Crippen LogP contribution in [0.3, 0.4) is 0 Å². The summed E-state index contributed by atoms with van der Waals surface area (Å²) >= 11 is 10.6. The number of rotatable bonds is 1. The minimum absolute atomic E-state index is 0.161. The average Bonchev–Trinajstić information content (AvgIpc) is 2.23. The first-order chi connectivity index (χ1) is 7.59. The average molecular weight is 255 g/mol. The second kappa shape index (κ2) is 4.07. The number of aromatic nitrogens is 3. The van der Waals surface area contributed by atoms with Gasteiger partial charge in [0.25, 0.3) is 5.56 Å². The third kappa shape index (κ3) is 1.84. The molecule has 2 rings (SSSR count). The lowest BCUT2D eigenvalue weighted by Gasteiger charge is -2.04. The zero-order valence-corrected chi connectivity index (χ0v) is 9.52. The molecule has 82 valence electrons. The Morgan fingerprint density at radius 1 is 1.44 bits per heavy atom. The summed E-state index contributed by atoms with van der Waals surface area (Å²) in [5, 5.41) is 6.71. The number of anilines is 1. The summed E-state index contributed by atoms with van der Waals surface area (Å²) in [4.78, 5) is 14.0. The minimum atomic E-state index is -0.405. The summed E-state index contributed by atoms with van der Waals surface area (Å²) in [6.07, 6.45) is 0. The minimum Gasteiger partial charge on any atom is -0.397 e.